The second-order valence-electron chi connectivity index (χ2n) is 4.03. The monoisotopic (exact) mass is 286 g/mol. The molecule has 0 radical (unpaired) electrons. The van der Waals surface area contributed by atoms with Crippen molar-refractivity contribution in [2.75, 3.05) is 18.9 Å². The van der Waals surface area contributed by atoms with Crippen LogP contribution in [0.25, 0.3) is 11.0 Å². The lowest BCUT2D eigenvalue weighted by Gasteiger charge is -2.04. The van der Waals surface area contributed by atoms with E-state index in [1.807, 2.05) is 0 Å². The van der Waals surface area contributed by atoms with Gasteiger partial charge in [0.15, 0.2) is 0 Å². The number of rotatable bonds is 4. The first-order valence-electron chi connectivity index (χ1n) is 5.68. The van der Waals surface area contributed by atoms with Gasteiger partial charge in [-0.3, -0.25) is 10.1 Å². The van der Waals surface area contributed by atoms with Crippen LogP contribution in [0.5, 0.6) is 0 Å². The van der Waals surface area contributed by atoms with Crippen LogP contribution in [-0.2, 0) is 11.8 Å². The highest BCUT2D eigenvalue weighted by molar-refractivity contribution is 5.91. The zero-order valence-corrected chi connectivity index (χ0v) is 11.6. The van der Waals surface area contributed by atoms with Crippen LogP contribution in [0.15, 0.2) is 18.2 Å². The Morgan fingerprint density at radius 2 is 2.21 bits per heavy atom. The second kappa shape index (κ2) is 6.49. The lowest BCUT2D eigenvalue weighted by molar-refractivity contribution is -0.116. The fraction of sp³-hybridized carbons (Fsp3) is 0.333. The van der Waals surface area contributed by atoms with Gasteiger partial charge in [-0.1, -0.05) is 0 Å². The van der Waals surface area contributed by atoms with Crippen molar-refractivity contribution in [2.45, 2.75) is 6.42 Å². The van der Waals surface area contributed by atoms with E-state index >= 15 is 0 Å². The van der Waals surface area contributed by atoms with Gasteiger partial charge in [-0.25, -0.2) is 9.37 Å². The van der Waals surface area contributed by atoms with Crippen LogP contribution in [0, 0.1) is 5.82 Å². The summed E-state index contributed by atoms with van der Waals surface area (Å²) in [5.41, 5.74) is 1.31. The van der Waals surface area contributed by atoms with Gasteiger partial charge in [-0.05, 0) is 19.2 Å². The maximum Gasteiger partial charge on any atom is 0.227 e. The van der Waals surface area contributed by atoms with Gasteiger partial charge in [-0.2, -0.15) is 0 Å². The number of benzene rings is 1. The van der Waals surface area contributed by atoms with E-state index in [2.05, 4.69) is 15.6 Å². The number of nitrogens with one attached hydrogen (secondary N) is 2. The Morgan fingerprint density at radius 1 is 1.47 bits per heavy atom. The van der Waals surface area contributed by atoms with Crippen molar-refractivity contribution >= 4 is 35.3 Å². The molecular formula is C12H16ClFN4O. The van der Waals surface area contributed by atoms with Crippen LogP contribution in [0.3, 0.4) is 0 Å². The molecule has 1 heterocycles. The van der Waals surface area contributed by atoms with E-state index in [1.54, 1.807) is 24.7 Å². The average molecular weight is 287 g/mol. The van der Waals surface area contributed by atoms with E-state index in [9.17, 15) is 9.18 Å². The fourth-order valence-electron chi connectivity index (χ4n) is 1.71. The van der Waals surface area contributed by atoms with Crippen molar-refractivity contribution in [1.82, 2.24) is 14.9 Å². The van der Waals surface area contributed by atoms with Crippen LogP contribution in [0.4, 0.5) is 10.3 Å². The molecule has 1 aromatic heterocycles. The highest BCUT2D eigenvalue weighted by Gasteiger charge is 2.10. The Balaban J connectivity index is 0.00000180. The van der Waals surface area contributed by atoms with Gasteiger partial charge in [0.05, 0.1) is 11.0 Å². The van der Waals surface area contributed by atoms with E-state index in [1.165, 1.54) is 12.1 Å². The molecular weight excluding hydrogens is 271 g/mol. The molecule has 104 valence electrons. The first kappa shape index (κ1) is 15.4. The lowest BCUT2D eigenvalue weighted by Crippen LogP contribution is -2.20. The molecule has 0 bridgehead atoms. The third-order valence-electron chi connectivity index (χ3n) is 2.70. The summed E-state index contributed by atoms with van der Waals surface area (Å²) in [5, 5.41) is 5.60. The number of hydrogen-bond acceptors (Lipinski definition) is 3. The van der Waals surface area contributed by atoms with Crippen LogP contribution < -0.4 is 10.6 Å². The van der Waals surface area contributed by atoms with Gasteiger partial charge in [0.25, 0.3) is 0 Å². The first-order chi connectivity index (χ1) is 8.61. The quantitative estimate of drug-likeness (QED) is 0.899. The number of aryl methyl sites for hydroxylation is 1. The maximum absolute atomic E-state index is 13.1. The molecule has 0 spiro atoms. The maximum atomic E-state index is 13.1. The van der Waals surface area contributed by atoms with Crippen LogP contribution in [0.1, 0.15) is 6.42 Å². The Hall–Kier alpha value is -1.66. The summed E-state index contributed by atoms with van der Waals surface area (Å²) in [6.07, 6.45) is 0.369. The summed E-state index contributed by atoms with van der Waals surface area (Å²) in [4.78, 5) is 15.8. The molecule has 0 fully saturated rings. The minimum Gasteiger partial charge on any atom is -0.319 e. The van der Waals surface area contributed by atoms with Crippen LogP contribution in [-0.4, -0.2) is 29.1 Å². The van der Waals surface area contributed by atoms with Gasteiger partial charge in [0, 0.05) is 26.1 Å². The molecule has 0 aliphatic rings. The van der Waals surface area contributed by atoms with Crippen molar-refractivity contribution in [3.05, 3.63) is 24.0 Å². The molecule has 0 aliphatic heterocycles. The van der Waals surface area contributed by atoms with Gasteiger partial charge >= 0.3 is 0 Å². The van der Waals surface area contributed by atoms with Crippen molar-refractivity contribution in [3.8, 4) is 0 Å². The zero-order valence-electron chi connectivity index (χ0n) is 10.7. The number of amides is 1. The van der Waals surface area contributed by atoms with Crippen LogP contribution in [0.2, 0.25) is 0 Å². The molecule has 2 aromatic rings. The Kier molecular flexibility index (Phi) is 5.26. The van der Waals surface area contributed by atoms with Crippen molar-refractivity contribution in [1.29, 1.82) is 0 Å². The minimum absolute atomic E-state index is 0. The number of halogens is 2. The fourth-order valence-corrected chi connectivity index (χ4v) is 1.71. The molecule has 0 aliphatic carbocycles. The number of hydrogen-bond donors (Lipinski definition) is 2. The first-order valence-corrected chi connectivity index (χ1v) is 5.68. The van der Waals surface area contributed by atoms with Gasteiger partial charge < -0.3 is 9.88 Å². The number of imidazole rings is 1. The number of aromatic nitrogens is 2. The van der Waals surface area contributed by atoms with Gasteiger partial charge in [-0.15, -0.1) is 12.4 Å². The van der Waals surface area contributed by atoms with Crippen LogP contribution >= 0.6 is 12.4 Å². The van der Waals surface area contributed by atoms with Crippen molar-refractivity contribution < 1.29 is 9.18 Å². The third kappa shape index (κ3) is 3.42. The topological polar surface area (TPSA) is 59.0 Å². The normalized spacial score (nSPS) is 10.3. The molecule has 0 saturated carbocycles. The minimum atomic E-state index is -0.339. The lowest BCUT2D eigenvalue weighted by atomic mass is 10.3. The number of carbonyl (C=O) groups is 1. The van der Waals surface area contributed by atoms with Gasteiger partial charge in [0.2, 0.25) is 11.9 Å². The SMILES string of the molecule is CNCCC(=O)Nc1nc2cc(F)ccc2n1C.Cl. The second-order valence-corrected chi connectivity index (χ2v) is 4.03. The summed E-state index contributed by atoms with van der Waals surface area (Å²) < 4.78 is 14.8. The van der Waals surface area contributed by atoms with E-state index < -0.39 is 0 Å². The number of anilines is 1. The molecule has 19 heavy (non-hydrogen) atoms. The molecule has 0 unspecified atom stereocenters. The molecule has 1 aromatic carbocycles. The summed E-state index contributed by atoms with van der Waals surface area (Å²) >= 11 is 0. The molecule has 0 saturated heterocycles. The molecule has 1 amide bonds. The Labute approximate surface area is 116 Å². The Bertz CT molecular complexity index is 584. The number of fused-ring (bicyclic) bond motifs is 1. The highest BCUT2D eigenvalue weighted by Crippen LogP contribution is 2.19. The molecule has 2 rings (SSSR count). The highest BCUT2D eigenvalue weighted by atomic mass is 35.5. The van der Waals surface area contributed by atoms with Crippen molar-refractivity contribution in [3.63, 3.8) is 0 Å². The smallest absolute Gasteiger partial charge is 0.227 e. The molecule has 5 nitrogen and oxygen atoms in total. The largest absolute Gasteiger partial charge is 0.319 e. The zero-order chi connectivity index (χ0) is 13.1. The molecule has 0 atom stereocenters. The average Bonchev–Trinajstić information content (AvgIpc) is 2.63. The molecule has 2 N–H and O–H groups in total. The van der Waals surface area contributed by atoms with E-state index in [0.717, 1.165) is 5.52 Å². The predicted molar refractivity (Wildman–Crippen MR) is 75.1 cm³/mol. The van der Waals surface area contributed by atoms with E-state index in [-0.39, 0.29) is 24.1 Å². The van der Waals surface area contributed by atoms with E-state index in [4.69, 9.17) is 0 Å². The summed E-state index contributed by atoms with van der Waals surface area (Å²) in [6.45, 7) is 0.602. The summed E-state index contributed by atoms with van der Waals surface area (Å²) in [7, 11) is 3.56. The van der Waals surface area contributed by atoms with Gasteiger partial charge in [0.1, 0.15) is 5.82 Å². The summed E-state index contributed by atoms with van der Waals surface area (Å²) in [6, 6.07) is 4.36. The van der Waals surface area contributed by atoms with E-state index in [0.29, 0.717) is 24.4 Å². The summed E-state index contributed by atoms with van der Waals surface area (Å²) in [5.74, 6) is -0.0337. The third-order valence-corrected chi connectivity index (χ3v) is 2.70. The van der Waals surface area contributed by atoms with Crippen molar-refractivity contribution in [2.24, 2.45) is 7.05 Å². The Morgan fingerprint density at radius 3 is 2.89 bits per heavy atom. The molecule has 7 heteroatoms. The standard InChI is InChI=1S/C12H15FN4O.ClH/c1-14-6-5-11(18)16-12-15-9-7-8(13)3-4-10(9)17(12)2;/h3-4,7,14H,5-6H2,1-2H3,(H,15,16,18);1H. The number of carbonyl (C=O) groups excluding carboxylic acids is 1. The predicted octanol–water partition coefficient (Wildman–Crippen LogP) is 1.68. The number of nitrogens with zero attached hydrogens (tertiary/aromatic N) is 2.